The number of amides is 6. The molecule has 15 N–H and O–H groups in total. The second-order valence-electron chi connectivity index (χ2n) is 28.6. The maximum Gasteiger partial charge on any atom is 0.251 e. The molecule has 3 heterocycles. The lowest BCUT2D eigenvalue weighted by Gasteiger charge is -2.30. The Morgan fingerprint density at radius 1 is 0.495 bits per heavy atom. The molecular weight excluding hydrogens is 1460 g/mol. The average molecular weight is 1570 g/mol. The van der Waals surface area contributed by atoms with Gasteiger partial charge in [0.25, 0.3) is 17.7 Å². The van der Waals surface area contributed by atoms with Crippen molar-refractivity contribution in [3.05, 3.63) is 200 Å². The summed E-state index contributed by atoms with van der Waals surface area (Å²) in [7, 11) is 1.62. The van der Waals surface area contributed by atoms with Crippen molar-refractivity contribution in [1.82, 2.24) is 51.9 Å². The Hall–Kier alpha value is -8.58. The van der Waals surface area contributed by atoms with Gasteiger partial charge in [0.1, 0.15) is 0 Å². The van der Waals surface area contributed by atoms with Gasteiger partial charge in [-0.25, -0.2) is 0 Å². The van der Waals surface area contributed by atoms with Crippen LogP contribution in [-0.2, 0) is 14.4 Å². The number of rotatable bonds is 29. The maximum atomic E-state index is 13.7. The van der Waals surface area contributed by atoms with Gasteiger partial charge in [-0.2, -0.15) is 0 Å². The summed E-state index contributed by atoms with van der Waals surface area (Å²) >= 11 is 24.1. The standard InChI is InChI=1S/C31H39ClN6O2.C30H37ClN6O2.C22H34Cl2N4O2/c1-3-21(22-7-5-4-6-8-22)20-38-16-14-27(37-28(30(38)40)13-15-35-31(33)34-2)19-36-29(39)25-10-9-24-18-26(32)12-11-23(24)17-25;1-2-20(21-6-4-3-5-7-21)19-37-15-13-26(36-27(29(37)39)12-14-34-30(32)33)18-35-28(38)24-9-8-23-17-25(31)11-10-22(23)16-24;1-4-15(14(2)3)13-28-10-8-17(27-20(7-9-25)22(28)30)12-26-21(29)16-5-6-18(23)19(24)11-16/h4-12,17-18,21,27-28,37H,3,13-16,19-20H2,1-2H3,(H,36,39)(H3,33,34,35);3-11,16-17,20,26-27,36H,2,12-15,18-19H2,1H3,(H,35,38)(H4,32,33,34);5-6,11,14-15,17,20,27H,4,7-10,12-13,25H2,1-3H3,(H,26,29)/t21-,27+,28+;20-,26+,27+;15-,17-,20-/m110/s1. The normalized spacial score (nSPS) is 19.2. The minimum atomic E-state index is -0.448. The van der Waals surface area contributed by atoms with Crippen molar-refractivity contribution in [3.63, 3.8) is 0 Å². The van der Waals surface area contributed by atoms with E-state index in [0.29, 0.717) is 152 Å². The number of benzene rings is 7. The molecule has 0 spiro atoms. The molecule has 3 fully saturated rings. The van der Waals surface area contributed by atoms with E-state index in [9.17, 15) is 28.8 Å². The highest BCUT2D eigenvalue weighted by Crippen LogP contribution is 2.28. The Morgan fingerprint density at radius 2 is 0.899 bits per heavy atom. The quantitative estimate of drug-likeness (QED) is 0.0153. The van der Waals surface area contributed by atoms with E-state index in [2.05, 4.69) is 106 Å². The number of nitrogens with zero attached hydrogens (tertiary/aromatic N) is 5. The molecule has 109 heavy (non-hydrogen) atoms. The zero-order valence-electron chi connectivity index (χ0n) is 63.6. The fourth-order valence-electron chi connectivity index (χ4n) is 14.1. The molecule has 3 aliphatic heterocycles. The number of guanidine groups is 2. The minimum Gasteiger partial charge on any atom is -0.370 e. The summed E-state index contributed by atoms with van der Waals surface area (Å²) in [5.74, 6) is 1.54. The van der Waals surface area contributed by atoms with Crippen molar-refractivity contribution in [2.24, 2.45) is 44.8 Å². The molecule has 22 nitrogen and oxygen atoms in total. The largest absolute Gasteiger partial charge is 0.370 e. The number of nitrogens with one attached hydrogen (secondary N) is 7. The van der Waals surface area contributed by atoms with Crippen LogP contribution in [0.3, 0.4) is 0 Å². The van der Waals surface area contributed by atoms with Crippen molar-refractivity contribution in [3.8, 4) is 0 Å². The van der Waals surface area contributed by atoms with Crippen LogP contribution < -0.4 is 60.2 Å². The third kappa shape index (κ3) is 26.3. The zero-order chi connectivity index (χ0) is 78.5. The predicted octanol–water partition coefficient (Wildman–Crippen LogP) is 10.9. The van der Waals surface area contributed by atoms with Crippen LogP contribution in [0.15, 0.2) is 162 Å². The number of carbonyl (C=O) groups is 6. The van der Waals surface area contributed by atoms with Crippen LogP contribution in [0.4, 0.5) is 0 Å². The summed E-state index contributed by atoms with van der Waals surface area (Å²) in [6.07, 6.45) is 6.71. The molecule has 0 saturated carbocycles. The molecule has 6 amide bonds. The van der Waals surface area contributed by atoms with E-state index in [1.54, 1.807) is 31.3 Å². The summed E-state index contributed by atoms with van der Waals surface area (Å²) in [5.41, 5.74) is 26.7. The number of hydrogen-bond donors (Lipinski definition) is 11. The Kier molecular flexibility index (Phi) is 34.5. The molecule has 7 aromatic rings. The number of fused-ring (bicyclic) bond motifs is 2. The van der Waals surface area contributed by atoms with Crippen LogP contribution in [0.5, 0.6) is 0 Å². The van der Waals surface area contributed by atoms with Gasteiger partial charge in [0.15, 0.2) is 11.9 Å². The van der Waals surface area contributed by atoms with Crippen LogP contribution in [0, 0.1) is 11.8 Å². The van der Waals surface area contributed by atoms with Crippen molar-refractivity contribution in [2.45, 2.75) is 140 Å². The van der Waals surface area contributed by atoms with E-state index < -0.39 is 12.1 Å². The predicted molar refractivity (Wildman–Crippen MR) is 444 cm³/mol. The number of halogens is 4. The van der Waals surface area contributed by atoms with Crippen LogP contribution in [0.25, 0.3) is 21.5 Å². The fraction of sp³-hybridized carbons (Fsp3) is 0.446. The molecule has 0 aliphatic carbocycles. The van der Waals surface area contributed by atoms with Crippen molar-refractivity contribution in [1.29, 1.82) is 0 Å². The van der Waals surface area contributed by atoms with Crippen molar-refractivity contribution < 1.29 is 28.8 Å². The highest BCUT2D eigenvalue weighted by Gasteiger charge is 2.36. The van der Waals surface area contributed by atoms with Crippen molar-refractivity contribution in [2.75, 3.05) is 85.6 Å². The molecule has 3 aliphatic rings. The third-order valence-electron chi connectivity index (χ3n) is 20.7. The van der Waals surface area contributed by atoms with Gasteiger partial charge >= 0.3 is 0 Å². The molecule has 3 saturated heterocycles. The number of carbonyl (C=O) groups excluding carboxylic acids is 6. The summed E-state index contributed by atoms with van der Waals surface area (Å²) in [4.78, 5) is 92.8. The number of nitrogens with two attached hydrogens (primary N) is 4. The van der Waals surface area contributed by atoms with Crippen LogP contribution in [0.2, 0.25) is 20.1 Å². The van der Waals surface area contributed by atoms with Gasteiger partial charge in [0.05, 0.1) is 28.2 Å². The number of hydrogen-bond acceptors (Lipinski definition) is 12. The highest BCUT2D eigenvalue weighted by molar-refractivity contribution is 6.42. The first kappa shape index (κ1) is 86.0. The smallest absolute Gasteiger partial charge is 0.251 e. The molecule has 0 unspecified atom stereocenters. The summed E-state index contributed by atoms with van der Waals surface area (Å²) in [6.45, 7) is 17.3. The van der Waals surface area contributed by atoms with E-state index >= 15 is 0 Å². The van der Waals surface area contributed by atoms with E-state index in [4.69, 9.17) is 69.3 Å². The van der Waals surface area contributed by atoms with E-state index in [-0.39, 0.29) is 77.4 Å². The molecule has 0 bridgehead atoms. The lowest BCUT2D eigenvalue weighted by Crippen LogP contribution is -2.50. The third-order valence-corrected chi connectivity index (χ3v) is 21.9. The SMILES string of the molecule is CC[C@@H](CN1CC[C@@H](CNC(=O)c2ccc(Cl)c(Cl)c2)N[C@@H](CCN)C1=O)C(C)C.CC[C@H](CN1CC[C@@H](CNC(=O)c2ccc3cc(Cl)ccc3c2)N[C@@H](CCN=C(N)N)C1=O)c1ccccc1.CC[C@H](CN1CC[C@@H](CNC(=O)c2ccc3cc(Cl)ccc3c2)N[C@@H](CCNC(N)=NC)C1=O)c1ccccc1. The Balaban J connectivity index is 0.000000208. The van der Waals surface area contributed by atoms with Gasteiger partial charge in [-0.15, -0.1) is 0 Å². The van der Waals surface area contributed by atoms with Gasteiger partial charge in [0, 0.05) is 136 Å². The molecule has 0 aromatic heterocycles. The Morgan fingerprint density at radius 3 is 1.30 bits per heavy atom. The molecule has 26 heteroatoms. The van der Waals surface area contributed by atoms with E-state index in [0.717, 1.165) is 60.2 Å². The molecular formula is C83H110Cl4N16O6. The summed E-state index contributed by atoms with van der Waals surface area (Å²) in [5, 5.41) is 28.5. The first-order valence-electron chi connectivity index (χ1n) is 38.1. The lowest BCUT2D eigenvalue weighted by atomic mass is 9.92. The highest BCUT2D eigenvalue weighted by atomic mass is 35.5. The van der Waals surface area contributed by atoms with Gasteiger partial charge in [-0.05, 0) is 169 Å². The fourth-order valence-corrected chi connectivity index (χ4v) is 14.8. The Bertz CT molecular complexity index is 4190. The topological polar surface area (TPSA) is 325 Å². The maximum absolute atomic E-state index is 13.7. The summed E-state index contributed by atoms with van der Waals surface area (Å²) < 4.78 is 0. The van der Waals surface area contributed by atoms with E-state index in [1.165, 1.54) is 11.1 Å². The number of aliphatic imine (C=N–C) groups is 2. The molecule has 0 radical (unpaired) electrons. The summed E-state index contributed by atoms with van der Waals surface area (Å²) in [6, 6.07) is 46.5. The minimum absolute atomic E-state index is 0.00419. The van der Waals surface area contributed by atoms with Gasteiger partial charge in [-0.3, -0.25) is 38.8 Å². The first-order valence-corrected chi connectivity index (χ1v) is 39.6. The van der Waals surface area contributed by atoms with Crippen LogP contribution in [0.1, 0.15) is 146 Å². The second kappa shape index (κ2) is 43.7. The molecule has 9 atom stereocenters. The molecule has 10 rings (SSSR count). The monoisotopic (exact) mass is 1570 g/mol. The van der Waals surface area contributed by atoms with Crippen LogP contribution >= 0.6 is 46.4 Å². The van der Waals surface area contributed by atoms with Crippen molar-refractivity contribution >= 4 is 115 Å². The van der Waals surface area contributed by atoms with Gasteiger partial charge in [-0.1, -0.05) is 172 Å². The lowest BCUT2D eigenvalue weighted by molar-refractivity contribution is -0.134. The first-order chi connectivity index (χ1) is 52.5. The Labute approximate surface area is 662 Å². The molecule has 7 aromatic carbocycles. The van der Waals surface area contributed by atoms with Gasteiger partial charge < -0.3 is 74.9 Å². The zero-order valence-corrected chi connectivity index (χ0v) is 66.6. The second-order valence-corrected chi connectivity index (χ2v) is 30.3. The van der Waals surface area contributed by atoms with E-state index in [1.807, 2.05) is 118 Å². The van der Waals surface area contributed by atoms with Crippen LogP contribution in [-0.4, -0.2) is 184 Å². The average Bonchev–Trinajstić information content (AvgIpc) is 1.76. The molecule has 586 valence electrons. The van der Waals surface area contributed by atoms with Gasteiger partial charge in [0.2, 0.25) is 17.7 Å².